The van der Waals surface area contributed by atoms with Crippen molar-refractivity contribution in [2.24, 2.45) is 0 Å². The molecule has 0 N–H and O–H groups in total. The molecule has 4 aromatic carbocycles. The standard InChI is InChI=1S/4C6H5.4C4H9.2Sn/c4*1-2-4-6-5-3-1;4*1-3-4-2;;/h4*1-5H;4*1,3-4H2,2H3;;. The molecule has 0 aliphatic carbocycles. The monoisotopic (exact) mass is 776 g/mol. The van der Waals surface area contributed by atoms with Gasteiger partial charge in [0.25, 0.3) is 0 Å². The maximum absolute atomic E-state index is 3.31. The fourth-order valence-electron chi connectivity index (χ4n) is 6.71. The van der Waals surface area contributed by atoms with Gasteiger partial charge < -0.3 is 0 Å². The van der Waals surface area contributed by atoms with Gasteiger partial charge in [-0.05, 0) is 0 Å². The molecule has 224 valence electrons. The molecule has 0 bridgehead atoms. The molecular formula is C40H56Sn2. The molecule has 0 heterocycles. The zero-order valence-electron chi connectivity index (χ0n) is 27.0. The number of unbranched alkanes of at least 4 members (excludes halogenated alkanes) is 4. The molecule has 0 saturated heterocycles. The molecule has 42 heavy (non-hydrogen) atoms. The fourth-order valence-corrected chi connectivity index (χ4v) is 37.2. The predicted molar refractivity (Wildman–Crippen MR) is 195 cm³/mol. The third kappa shape index (κ3) is 9.74. The number of hydrogen-bond donors (Lipinski definition) is 0. The summed E-state index contributed by atoms with van der Waals surface area (Å²) in [5, 5.41) is 0. The van der Waals surface area contributed by atoms with Gasteiger partial charge in [0.05, 0.1) is 0 Å². The molecule has 0 spiro atoms. The minimum atomic E-state index is -3.31. The molecule has 2 heteroatoms. The second-order valence-electron chi connectivity index (χ2n) is 12.1. The van der Waals surface area contributed by atoms with Crippen LogP contribution in [0.1, 0.15) is 79.1 Å². The zero-order valence-corrected chi connectivity index (χ0v) is 32.7. The normalized spacial score (nSPS) is 11.5. The van der Waals surface area contributed by atoms with Gasteiger partial charge >= 0.3 is 269 Å². The molecule has 0 amide bonds. The second kappa shape index (κ2) is 19.7. The zero-order chi connectivity index (χ0) is 29.9. The summed E-state index contributed by atoms with van der Waals surface area (Å²) in [6.45, 7) is 9.48. The van der Waals surface area contributed by atoms with E-state index in [-0.39, 0.29) is 0 Å². The topological polar surface area (TPSA) is 0 Å². The van der Waals surface area contributed by atoms with Crippen LogP contribution in [0.4, 0.5) is 0 Å². The van der Waals surface area contributed by atoms with E-state index >= 15 is 0 Å². The summed E-state index contributed by atoms with van der Waals surface area (Å²) in [6, 6.07) is 44.4. The third-order valence-electron chi connectivity index (χ3n) is 9.07. The van der Waals surface area contributed by atoms with Crippen molar-refractivity contribution in [3.05, 3.63) is 121 Å². The van der Waals surface area contributed by atoms with Crippen molar-refractivity contribution >= 4 is 51.1 Å². The Kier molecular flexibility index (Phi) is 16.4. The summed E-state index contributed by atoms with van der Waals surface area (Å²) in [6.07, 6.45) is 11.8. The average Bonchev–Trinajstić information content (AvgIpc) is 3.07. The van der Waals surface area contributed by atoms with Gasteiger partial charge in [-0.3, -0.25) is 0 Å². The van der Waals surface area contributed by atoms with E-state index in [4.69, 9.17) is 0 Å². The molecular weight excluding hydrogens is 718 g/mol. The second-order valence-corrected chi connectivity index (χ2v) is 37.3. The van der Waals surface area contributed by atoms with Crippen LogP contribution in [0.2, 0.25) is 17.7 Å². The first-order chi connectivity index (χ1) is 20.7. The first-order valence-electron chi connectivity index (χ1n) is 16.9. The summed E-state index contributed by atoms with van der Waals surface area (Å²) < 4.78 is 12.7. The van der Waals surface area contributed by atoms with Crippen molar-refractivity contribution in [3.8, 4) is 0 Å². The summed E-state index contributed by atoms with van der Waals surface area (Å²) >= 11 is -5.00. The van der Waals surface area contributed by atoms with Crippen LogP contribution in [-0.4, -0.2) is 36.8 Å². The molecule has 0 nitrogen and oxygen atoms in total. The molecule has 4 aromatic rings. The summed E-state index contributed by atoms with van der Waals surface area (Å²) in [5.74, 6) is 0. The molecule has 4 rings (SSSR count). The van der Waals surface area contributed by atoms with E-state index in [1.807, 2.05) is 0 Å². The summed E-state index contributed by atoms with van der Waals surface area (Å²) in [4.78, 5) is 0. The Balaban J connectivity index is 0.000000252. The Morgan fingerprint density at radius 3 is 0.738 bits per heavy atom. The molecule has 0 aliphatic rings. The summed E-state index contributed by atoms with van der Waals surface area (Å²) in [5.41, 5.74) is 0. The third-order valence-corrected chi connectivity index (χ3v) is 38.9. The number of hydrogen-bond acceptors (Lipinski definition) is 0. The first-order valence-corrected chi connectivity index (χ1v) is 30.7. The van der Waals surface area contributed by atoms with Crippen LogP contribution < -0.4 is 14.3 Å². The van der Waals surface area contributed by atoms with E-state index in [1.165, 1.54) is 65.7 Å². The van der Waals surface area contributed by atoms with E-state index in [0.29, 0.717) is 0 Å². The van der Waals surface area contributed by atoms with Crippen molar-refractivity contribution < 1.29 is 0 Å². The molecule has 0 radical (unpaired) electrons. The van der Waals surface area contributed by atoms with E-state index < -0.39 is 36.8 Å². The summed E-state index contributed by atoms with van der Waals surface area (Å²) in [7, 11) is 0. The van der Waals surface area contributed by atoms with E-state index in [1.54, 1.807) is 17.7 Å². The van der Waals surface area contributed by atoms with Crippen molar-refractivity contribution in [2.75, 3.05) is 0 Å². The van der Waals surface area contributed by atoms with Gasteiger partial charge in [-0.2, -0.15) is 0 Å². The fraction of sp³-hybridized carbons (Fsp3) is 0.400. The molecule has 0 saturated carbocycles. The van der Waals surface area contributed by atoms with Crippen LogP contribution in [0, 0.1) is 0 Å². The molecule has 0 unspecified atom stereocenters. The Morgan fingerprint density at radius 1 is 0.333 bits per heavy atom. The number of benzene rings is 4. The van der Waals surface area contributed by atoms with Crippen molar-refractivity contribution in [1.82, 2.24) is 0 Å². The van der Waals surface area contributed by atoms with Crippen LogP contribution in [0.5, 0.6) is 0 Å². The van der Waals surface area contributed by atoms with Crippen LogP contribution in [0.25, 0.3) is 0 Å². The van der Waals surface area contributed by atoms with E-state index in [9.17, 15) is 0 Å². The van der Waals surface area contributed by atoms with Crippen molar-refractivity contribution in [2.45, 2.75) is 96.8 Å². The predicted octanol–water partition coefficient (Wildman–Crippen LogP) is 9.70. The van der Waals surface area contributed by atoms with Gasteiger partial charge in [0.1, 0.15) is 0 Å². The van der Waals surface area contributed by atoms with Crippen LogP contribution in [-0.2, 0) is 0 Å². The van der Waals surface area contributed by atoms with Gasteiger partial charge in [-0.25, -0.2) is 0 Å². The molecule has 0 aromatic heterocycles. The van der Waals surface area contributed by atoms with Gasteiger partial charge in [0.2, 0.25) is 0 Å². The molecule has 0 fully saturated rings. The van der Waals surface area contributed by atoms with Gasteiger partial charge in [0.15, 0.2) is 0 Å². The maximum atomic E-state index is 2.37. The molecule has 0 aliphatic heterocycles. The van der Waals surface area contributed by atoms with Crippen LogP contribution >= 0.6 is 0 Å². The van der Waals surface area contributed by atoms with Gasteiger partial charge in [-0.15, -0.1) is 0 Å². The van der Waals surface area contributed by atoms with Gasteiger partial charge in [0, 0.05) is 0 Å². The Labute approximate surface area is 267 Å². The molecule has 0 atom stereocenters. The quantitative estimate of drug-likeness (QED) is 0.0996. The Bertz CT molecular complexity index is 1000. The van der Waals surface area contributed by atoms with Crippen LogP contribution in [0.15, 0.2) is 121 Å². The first kappa shape index (κ1) is 35.0. The Morgan fingerprint density at radius 2 is 0.548 bits per heavy atom. The Hall–Kier alpha value is -1.52. The van der Waals surface area contributed by atoms with E-state index in [2.05, 4.69) is 149 Å². The van der Waals surface area contributed by atoms with Gasteiger partial charge in [-0.1, -0.05) is 0 Å². The van der Waals surface area contributed by atoms with E-state index in [0.717, 1.165) is 0 Å². The minimum absolute atomic E-state index is 1.42. The van der Waals surface area contributed by atoms with Crippen molar-refractivity contribution in [1.29, 1.82) is 0 Å². The SMILES string of the molecule is CCC[CH2][Sn]([CH2]CCC)([CH2]CCC)[CH2]CCC.c1cc[c]([Sn]([c]2ccccc2)([c]2ccccc2)[c]2ccccc2)cc1. The average molecular weight is 774 g/mol. The van der Waals surface area contributed by atoms with Crippen molar-refractivity contribution in [3.63, 3.8) is 0 Å². The van der Waals surface area contributed by atoms with Crippen LogP contribution in [0.3, 0.4) is 0 Å². The number of rotatable bonds is 16.